The zero-order valence-electron chi connectivity index (χ0n) is 15.2. The largest absolute Gasteiger partial charge is 0.496 e. The molecule has 2 heterocycles. The fourth-order valence-electron chi connectivity index (χ4n) is 3.19. The van der Waals surface area contributed by atoms with E-state index >= 15 is 0 Å². The van der Waals surface area contributed by atoms with Gasteiger partial charge in [0.15, 0.2) is 0 Å². The van der Waals surface area contributed by atoms with Crippen LogP contribution in [0.15, 0.2) is 30.5 Å². The van der Waals surface area contributed by atoms with E-state index in [2.05, 4.69) is 29.5 Å². The molecule has 0 saturated carbocycles. The molecule has 2 N–H and O–H groups in total. The molecule has 1 aromatic heterocycles. The highest BCUT2D eigenvalue weighted by molar-refractivity contribution is 6.04. The molecule has 0 bridgehead atoms. The maximum Gasteiger partial charge on any atom is 0.419 e. The van der Waals surface area contributed by atoms with Crippen LogP contribution in [0.2, 0.25) is 0 Å². The van der Waals surface area contributed by atoms with Crippen LogP contribution in [0.5, 0.6) is 5.75 Å². The Kier molecular flexibility index (Phi) is 4.86. The van der Waals surface area contributed by atoms with E-state index in [1.165, 1.54) is 12.3 Å². The molecule has 5 nitrogen and oxygen atoms in total. The van der Waals surface area contributed by atoms with E-state index < -0.39 is 17.6 Å². The molecular weight excluding hydrogens is 359 g/mol. The molecule has 0 saturated heterocycles. The van der Waals surface area contributed by atoms with Crippen LogP contribution < -0.4 is 15.4 Å². The highest BCUT2D eigenvalue weighted by Crippen LogP contribution is 2.37. The number of alkyl halides is 3. The number of ether oxygens (including phenoxy) is 1. The maximum atomic E-state index is 13.1. The number of halogens is 3. The van der Waals surface area contributed by atoms with Crippen molar-refractivity contribution in [3.63, 3.8) is 0 Å². The highest BCUT2D eigenvalue weighted by Gasteiger charge is 2.35. The molecule has 144 valence electrons. The molecule has 1 aliphatic heterocycles. The van der Waals surface area contributed by atoms with Crippen LogP contribution >= 0.6 is 0 Å². The van der Waals surface area contributed by atoms with Crippen molar-refractivity contribution in [2.75, 3.05) is 19.0 Å². The number of nitrogens with one attached hydrogen (secondary N) is 2. The molecule has 27 heavy (non-hydrogen) atoms. The molecule has 0 aliphatic carbocycles. The molecule has 2 aromatic rings. The van der Waals surface area contributed by atoms with Crippen molar-refractivity contribution in [1.82, 2.24) is 10.3 Å². The average Bonchev–Trinajstić information content (AvgIpc) is 2.60. The fourth-order valence-corrected chi connectivity index (χ4v) is 3.19. The summed E-state index contributed by atoms with van der Waals surface area (Å²) < 4.78 is 44.2. The van der Waals surface area contributed by atoms with Crippen molar-refractivity contribution in [1.29, 1.82) is 0 Å². The van der Waals surface area contributed by atoms with Crippen molar-refractivity contribution in [3.05, 3.63) is 52.8 Å². The molecule has 1 aromatic carbocycles. The normalized spacial score (nSPS) is 15.8. The van der Waals surface area contributed by atoms with E-state index in [0.717, 1.165) is 37.0 Å². The SMILES string of the molecule is COc1ccc(C(=O)Nc2cnc3c(c2)CNCC3(C)C)cc1C(F)(F)F. The van der Waals surface area contributed by atoms with Crippen molar-refractivity contribution in [2.45, 2.75) is 32.0 Å². The first-order chi connectivity index (χ1) is 12.6. The lowest BCUT2D eigenvalue weighted by Crippen LogP contribution is -2.39. The summed E-state index contributed by atoms with van der Waals surface area (Å²) in [4.78, 5) is 16.9. The summed E-state index contributed by atoms with van der Waals surface area (Å²) >= 11 is 0. The van der Waals surface area contributed by atoms with Crippen LogP contribution in [0, 0.1) is 0 Å². The highest BCUT2D eigenvalue weighted by atomic mass is 19.4. The number of anilines is 1. The number of hydrogen-bond acceptors (Lipinski definition) is 4. The molecule has 3 rings (SSSR count). The van der Waals surface area contributed by atoms with Crippen LogP contribution in [0.25, 0.3) is 0 Å². The number of methoxy groups -OCH3 is 1. The monoisotopic (exact) mass is 379 g/mol. The van der Waals surface area contributed by atoms with Gasteiger partial charge in [-0.25, -0.2) is 0 Å². The van der Waals surface area contributed by atoms with Crippen molar-refractivity contribution in [3.8, 4) is 5.75 Å². The van der Waals surface area contributed by atoms with E-state index in [1.54, 1.807) is 6.07 Å². The van der Waals surface area contributed by atoms with Crippen molar-refractivity contribution < 1.29 is 22.7 Å². The minimum Gasteiger partial charge on any atom is -0.496 e. The smallest absolute Gasteiger partial charge is 0.419 e. The number of benzene rings is 1. The van der Waals surface area contributed by atoms with Gasteiger partial charge in [-0.2, -0.15) is 13.2 Å². The van der Waals surface area contributed by atoms with Gasteiger partial charge in [-0.3, -0.25) is 9.78 Å². The second-order valence-electron chi connectivity index (χ2n) is 7.09. The number of pyridine rings is 1. The first kappa shape index (κ1) is 19.2. The molecular formula is C19H20F3N3O2. The topological polar surface area (TPSA) is 63.2 Å². The number of hydrogen-bond donors (Lipinski definition) is 2. The molecule has 0 spiro atoms. The minimum absolute atomic E-state index is 0.112. The molecule has 1 aliphatic rings. The number of aromatic nitrogens is 1. The van der Waals surface area contributed by atoms with Crippen LogP contribution in [-0.4, -0.2) is 24.5 Å². The Hall–Kier alpha value is -2.61. The summed E-state index contributed by atoms with van der Waals surface area (Å²) in [6.45, 7) is 5.56. The summed E-state index contributed by atoms with van der Waals surface area (Å²) in [7, 11) is 1.15. The number of carbonyl (C=O) groups is 1. The molecule has 8 heteroatoms. The summed E-state index contributed by atoms with van der Waals surface area (Å²) in [5.41, 5.74) is 1.10. The van der Waals surface area contributed by atoms with Crippen LogP contribution in [-0.2, 0) is 18.1 Å². The Morgan fingerprint density at radius 1 is 1.30 bits per heavy atom. The molecule has 0 fully saturated rings. The zero-order chi connectivity index (χ0) is 19.8. The van der Waals surface area contributed by atoms with Gasteiger partial charge >= 0.3 is 6.18 Å². The van der Waals surface area contributed by atoms with Gasteiger partial charge in [-0.15, -0.1) is 0 Å². The minimum atomic E-state index is -4.62. The Balaban J connectivity index is 1.86. The van der Waals surface area contributed by atoms with Gasteiger partial charge in [0.05, 0.1) is 30.3 Å². The van der Waals surface area contributed by atoms with Gasteiger partial charge in [0.2, 0.25) is 0 Å². The lowest BCUT2D eigenvalue weighted by atomic mass is 9.83. The molecule has 0 unspecified atom stereocenters. The first-order valence-electron chi connectivity index (χ1n) is 8.38. The number of amides is 1. The van der Waals surface area contributed by atoms with E-state index in [4.69, 9.17) is 4.74 Å². The first-order valence-corrected chi connectivity index (χ1v) is 8.38. The van der Waals surface area contributed by atoms with Gasteiger partial charge < -0.3 is 15.4 Å². The Morgan fingerprint density at radius 3 is 2.70 bits per heavy atom. The Morgan fingerprint density at radius 2 is 2.04 bits per heavy atom. The average molecular weight is 379 g/mol. The van der Waals surface area contributed by atoms with E-state index in [0.29, 0.717) is 12.2 Å². The summed E-state index contributed by atoms with van der Waals surface area (Å²) in [5, 5.41) is 5.90. The lowest BCUT2D eigenvalue weighted by Gasteiger charge is -2.32. The predicted molar refractivity (Wildman–Crippen MR) is 94.9 cm³/mol. The number of carbonyl (C=O) groups excluding carboxylic acids is 1. The van der Waals surface area contributed by atoms with Crippen LogP contribution in [0.1, 0.15) is 41.0 Å². The zero-order valence-corrected chi connectivity index (χ0v) is 15.2. The third-order valence-electron chi connectivity index (χ3n) is 4.52. The lowest BCUT2D eigenvalue weighted by molar-refractivity contribution is -0.138. The van der Waals surface area contributed by atoms with Gasteiger partial charge in [0, 0.05) is 24.1 Å². The molecule has 1 amide bonds. The third-order valence-corrected chi connectivity index (χ3v) is 4.52. The van der Waals surface area contributed by atoms with Gasteiger partial charge in [-0.1, -0.05) is 13.8 Å². The fraction of sp³-hybridized carbons (Fsp3) is 0.368. The summed E-state index contributed by atoms with van der Waals surface area (Å²) in [5.74, 6) is -0.976. The van der Waals surface area contributed by atoms with Gasteiger partial charge in [-0.05, 0) is 29.8 Å². The Bertz CT molecular complexity index is 879. The standard InChI is InChI=1S/C19H20F3N3O2/c1-18(2)10-23-8-12-6-13(9-24-16(12)18)25-17(26)11-4-5-15(27-3)14(7-11)19(20,21)22/h4-7,9,23H,8,10H2,1-3H3,(H,25,26). The van der Waals surface area contributed by atoms with Crippen molar-refractivity contribution in [2.24, 2.45) is 0 Å². The second-order valence-corrected chi connectivity index (χ2v) is 7.09. The number of nitrogens with zero attached hydrogens (tertiary/aromatic N) is 1. The Labute approximate surface area is 154 Å². The molecule has 0 atom stereocenters. The number of rotatable bonds is 3. The predicted octanol–water partition coefficient (Wildman–Crippen LogP) is 3.74. The quantitative estimate of drug-likeness (QED) is 0.853. The van der Waals surface area contributed by atoms with Crippen LogP contribution in [0.4, 0.5) is 18.9 Å². The molecule has 0 radical (unpaired) electrons. The summed E-state index contributed by atoms with van der Waals surface area (Å²) in [6.07, 6.45) is -3.09. The summed E-state index contributed by atoms with van der Waals surface area (Å²) in [6, 6.07) is 5.00. The number of fused-ring (bicyclic) bond motifs is 1. The van der Waals surface area contributed by atoms with Gasteiger partial charge in [0.1, 0.15) is 5.75 Å². The van der Waals surface area contributed by atoms with Gasteiger partial charge in [0.25, 0.3) is 5.91 Å². The maximum absolute atomic E-state index is 13.1. The second kappa shape index (κ2) is 6.84. The van der Waals surface area contributed by atoms with Crippen LogP contribution in [0.3, 0.4) is 0 Å². The van der Waals surface area contributed by atoms with E-state index in [9.17, 15) is 18.0 Å². The van der Waals surface area contributed by atoms with E-state index in [1.807, 2.05) is 0 Å². The van der Waals surface area contributed by atoms with Crippen molar-refractivity contribution >= 4 is 11.6 Å². The van der Waals surface area contributed by atoms with E-state index in [-0.39, 0.29) is 16.7 Å². The third kappa shape index (κ3) is 3.90.